The number of hydrogen-bond acceptors (Lipinski definition) is 6. The number of phenolic OH excluding ortho intramolecular Hbond substituents is 1. The van der Waals surface area contributed by atoms with Crippen LogP contribution in [0.4, 0.5) is 0 Å². The molecule has 0 spiro atoms. The van der Waals surface area contributed by atoms with Crippen molar-refractivity contribution in [1.82, 2.24) is 0 Å². The maximum Gasteiger partial charge on any atom is 0.331 e. The van der Waals surface area contributed by atoms with E-state index in [-0.39, 0.29) is 12.4 Å². The summed E-state index contributed by atoms with van der Waals surface area (Å²) in [5.41, 5.74) is 0. The lowest BCUT2D eigenvalue weighted by Crippen LogP contribution is -2.30. The largest absolute Gasteiger partial charge is 0.508 e. The van der Waals surface area contributed by atoms with Crippen LogP contribution in [0.3, 0.4) is 0 Å². The molecule has 1 aromatic carbocycles. The van der Waals surface area contributed by atoms with Crippen LogP contribution in [0.2, 0.25) is 0 Å². The minimum Gasteiger partial charge on any atom is -0.508 e. The number of ketones is 1. The third-order valence-electron chi connectivity index (χ3n) is 2.49. The number of carbonyl (C=O) groups excluding carboxylic acids is 2. The minimum atomic E-state index is -1.39. The predicted octanol–water partition coefficient (Wildman–Crippen LogP) is 2.14. The molecule has 5 nitrogen and oxygen atoms in total. The minimum absolute atomic E-state index is 0.129. The Hall–Kier alpha value is -2.00. The van der Waals surface area contributed by atoms with E-state index in [0.29, 0.717) is 0 Å². The van der Waals surface area contributed by atoms with Crippen LogP contribution in [-0.2, 0) is 14.3 Å². The van der Waals surface area contributed by atoms with E-state index in [4.69, 9.17) is 10.00 Å². The van der Waals surface area contributed by atoms with Gasteiger partial charge in [0.05, 0.1) is 17.9 Å². The lowest BCUT2D eigenvalue weighted by atomic mass is 10.0. The Labute approximate surface area is 121 Å². The first-order chi connectivity index (χ1) is 9.49. The molecule has 20 heavy (non-hydrogen) atoms. The maximum absolute atomic E-state index is 12.1. The molecule has 0 aliphatic carbocycles. The Balaban J connectivity index is 2.72. The van der Waals surface area contributed by atoms with Gasteiger partial charge in [-0.05, 0) is 38.1 Å². The third kappa shape index (κ3) is 4.28. The van der Waals surface area contributed by atoms with Crippen LogP contribution in [0.5, 0.6) is 5.75 Å². The van der Waals surface area contributed by atoms with Gasteiger partial charge in [-0.2, -0.15) is 5.26 Å². The fourth-order valence-electron chi connectivity index (χ4n) is 1.48. The van der Waals surface area contributed by atoms with Gasteiger partial charge in [-0.1, -0.05) is 0 Å². The van der Waals surface area contributed by atoms with Gasteiger partial charge in [0.25, 0.3) is 0 Å². The highest BCUT2D eigenvalue weighted by Gasteiger charge is 2.31. The Bertz CT molecular complexity index is 521. The predicted molar refractivity (Wildman–Crippen MR) is 74.2 cm³/mol. The number of rotatable bonds is 6. The molecular formula is C14H15NO4S. The van der Waals surface area contributed by atoms with Gasteiger partial charge in [-0.25, -0.2) is 0 Å². The fourth-order valence-corrected chi connectivity index (χ4v) is 2.43. The molecule has 1 aromatic rings. The Morgan fingerprint density at radius 2 is 2.00 bits per heavy atom. The number of phenols is 1. The molecular weight excluding hydrogens is 278 g/mol. The molecule has 0 bridgehead atoms. The summed E-state index contributed by atoms with van der Waals surface area (Å²) in [6.07, 6.45) is 0. The molecule has 1 N–H and O–H groups in total. The van der Waals surface area contributed by atoms with Gasteiger partial charge in [0.15, 0.2) is 5.78 Å². The number of nitrogens with zero attached hydrogens (tertiary/aromatic N) is 1. The zero-order valence-electron chi connectivity index (χ0n) is 11.2. The van der Waals surface area contributed by atoms with Crippen LogP contribution in [0.15, 0.2) is 29.2 Å². The first-order valence-corrected chi connectivity index (χ1v) is 6.93. The van der Waals surface area contributed by atoms with Crippen molar-refractivity contribution in [2.45, 2.75) is 24.0 Å². The average Bonchev–Trinajstić information content (AvgIpc) is 2.42. The molecule has 0 aromatic heterocycles. The van der Waals surface area contributed by atoms with Crippen molar-refractivity contribution in [1.29, 1.82) is 5.26 Å². The molecule has 0 radical (unpaired) electrons. The number of carbonyl (C=O) groups is 2. The fraction of sp³-hybridized carbons (Fsp3) is 0.357. The Morgan fingerprint density at radius 1 is 1.40 bits per heavy atom. The molecule has 106 valence electrons. The zero-order chi connectivity index (χ0) is 15.1. The van der Waals surface area contributed by atoms with E-state index in [1.165, 1.54) is 23.9 Å². The number of Topliss-reactive ketones (excluding diaryl/α,β-unsaturated/α-hetero) is 1. The number of aromatic hydroxyl groups is 1. The van der Waals surface area contributed by atoms with Gasteiger partial charge in [0.2, 0.25) is 5.92 Å². The second-order valence-electron chi connectivity index (χ2n) is 3.97. The Morgan fingerprint density at radius 3 is 2.50 bits per heavy atom. The van der Waals surface area contributed by atoms with Gasteiger partial charge in [0.1, 0.15) is 5.75 Å². The van der Waals surface area contributed by atoms with Crippen molar-refractivity contribution in [2.24, 2.45) is 5.92 Å². The summed E-state index contributed by atoms with van der Waals surface area (Å²) in [6, 6.07) is 8.02. The van der Waals surface area contributed by atoms with Crippen molar-refractivity contribution < 1.29 is 19.4 Å². The molecule has 2 unspecified atom stereocenters. The monoisotopic (exact) mass is 293 g/mol. The third-order valence-corrected chi connectivity index (χ3v) is 3.62. The SMILES string of the molecule is CCOC(=O)C(C#N)C(=O)C(C)Sc1ccc(O)cc1. The van der Waals surface area contributed by atoms with Gasteiger partial charge >= 0.3 is 5.97 Å². The van der Waals surface area contributed by atoms with Gasteiger partial charge in [-0.15, -0.1) is 11.8 Å². The molecule has 0 aliphatic heterocycles. The lowest BCUT2D eigenvalue weighted by Gasteiger charge is -2.13. The number of thioether (sulfide) groups is 1. The molecule has 0 saturated heterocycles. The number of esters is 1. The molecule has 2 atom stereocenters. The lowest BCUT2D eigenvalue weighted by molar-refractivity contribution is -0.148. The molecule has 0 amide bonds. The van der Waals surface area contributed by atoms with Gasteiger partial charge in [0, 0.05) is 4.90 Å². The number of benzene rings is 1. The van der Waals surface area contributed by atoms with Crippen LogP contribution in [0, 0.1) is 17.2 Å². The normalized spacial score (nSPS) is 13.1. The quantitative estimate of drug-likeness (QED) is 0.491. The van der Waals surface area contributed by atoms with Crippen LogP contribution in [0.1, 0.15) is 13.8 Å². The molecule has 1 rings (SSSR count). The van der Waals surface area contributed by atoms with Crippen LogP contribution in [0.25, 0.3) is 0 Å². The highest BCUT2D eigenvalue weighted by Crippen LogP contribution is 2.27. The molecule has 0 heterocycles. The van der Waals surface area contributed by atoms with E-state index in [1.807, 2.05) is 0 Å². The smallest absolute Gasteiger partial charge is 0.331 e. The van der Waals surface area contributed by atoms with E-state index < -0.39 is 22.9 Å². The summed E-state index contributed by atoms with van der Waals surface area (Å²) in [4.78, 5) is 24.3. The van der Waals surface area contributed by atoms with E-state index in [2.05, 4.69) is 0 Å². The van der Waals surface area contributed by atoms with Crippen molar-refractivity contribution in [3.05, 3.63) is 24.3 Å². The van der Waals surface area contributed by atoms with Crippen LogP contribution in [-0.4, -0.2) is 28.7 Å². The summed E-state index contributed by atoms with van der Waals surface area (Å²) in [5.74, 6) is -2.55. The van der Waals surface area contributed by atoms with E-state index >= 15 is 0 Å². The topological polar surface area (TPSA) is 87.4 Å². The molecule has 0 fully saturated rings. The standard InChI is InChI=1S/C14H15NO4S/c1-3-19-14(18)12(8-15)13(17)9(2)20-11-6-4-10(16)5-7-11/h4-7,9,12,16H,3H2,1-2H3. The number of hydrogen-bond donors (Lipinski definition) is 1. The first-order valence-electron chi connectivity index (χ1n) is 6.05. The van der Waals surface area contributed by atoms with E-state index in [9.17, 15) is 14.7 Å². The first kappa shape index (κ1) is 16.1. The van der Waals surface area contributed by atoms with Crippen molar-refractivity contribution in [3.8, 4) is 11.8 Å². The summed E-state index contributed by atoms with van der Waals surface area (Å²) < 4.78 is 4.71. The summed E-state index contributed by atoms with van der Waals surface area (Å²) >= 11 is 1.22. The summed E-state index contributed by atoms with van der Waals surface area (Å²) in [6.45, 7) is 3.37. The number of nitriles is 1. The van der Waals surface area contributed by atoms with Gasteiger partial charge < -0.3 is 9.84 Å². The van der Waals surface area contributed by atoms with Gasteiger partial charge in [-0.3, -0.25) is 9.59 Å². The summed E-state index contributed by atoms with van der Waals surface area (Å²) in [5, 5.41) is 17.5. The highest BCUT2D eigenvalue weighted by molar-refractivity contribution is 8.00. The second kappa shape index (κ2) is 7.56. The highest BCUT2D eigenvalue weighted by atomic mass is 32.2. The maximum atomic E-state index is 12.1. The van der Waals surface area contributed by atoms with Crippen LogP contribution < -0.4 is 0 Å². The van der Waals surface area contributed by atoms with Crippen molar-refractivity contribution >= 4 is 23.5 Å². The molecule has 0 saturated carbocycles. The molecule has 0 aliphatic rings. The average molecular weight is 293 g/mol. The van der Waals surface area contributed by atoms with E-state index in [1.54, 1.807) is 32.0 Å². The van der Waals surface area contributed by atoms with E-state index in [0.717, 1.165) is 4.90 Å². The number of ether oxygens (including phenoxy) is 1. The summed E-state index contributed by atoms with van der Waals surface area (Å²) in [7, 11) is 0. The zero-order valence-corrected chi connectivity index (χ0v) is 12.0. The van der Waals surface area contributed by atoms with Crippen molar-refractivity contribution in [2.75, 3.05) is 6.61 Å². The molecule has 6 heteroatoms. The van der Waals surface area contributed by atoms with Crippen molar-refractivity contribution in [3.63, 3.8) is 0 Å². The van der Waals surface area contributed by atoms with Crippen LogP contribution >= 0.6 is 11.8 Å². The second-order valence-corrected chi connectivity index (χ2v) is 5.38. The Kier molecular flexibility index (Phi) is 6.07.